The summed E-state index contributed by atoms with van der Waals surface area (Å²) >= 11 is 0. The molecule has 0 aliphatic carbocycles. The Bertz CT molecular complexity index is 572. The van der Waals surface area contributed by atoms with Gasteiger partial charge in [0.2, 0.25) is 0 Å². The van der Waals surface area contributed by atoms with Crippen molar-refractivity contribution in [1.29, 1.82) is 0 Å². The van der Waals surface area contributed by atoms with Gasteiger partial charge < -0.3 is 10.1 Å². The summed E-state index contributed by atoms with van der Waals surface area (Å²) in [6.07, 6.45) is 0. The van der Waals surface area contributed by atoms with Crippen molar-refractivity contribution in [3.05, 3.63) is 65.2 Å². The third-order valence-electron chi connectivity index (χ3n) is 2.92. The first kappa shape index (κ1) is 14.5. The van der Waals surface area contributed by atoms with Crippen LogP contribution in [0, 0.1) is 11.6 Å². The molecule has 0 aromatic heterocycles. The smallest absolute Gasteiger partial charge is 0.165 e. The minimum atomic E-state index is -0.434. The second-order valence-electron chi connectivity index (χ2n) is 4.43. The van der Waals surface area contributed by atoms with Gasteiger partial charge in [0, 0.05) is 12.1 Å². The molecule has 20 heavy (non-hydrogen) atoms. The molecule has 1 N–H and O–H groups in total. The van der Waals surface area contributed by atoms with Gasteiger partial charge in [0.05, 0.1) is 0 Å². The maximum Gasteiger partial charge on any atom is 0.165 e. The molecular weight excluding hydrogens is 260 g/mol. The van der Waals surface area contributed by atoms with Gasteiger partial charge in [-0.05, 0) is 30.3 Å². The summed E-state index contributed by atoms with van der Waals surface area (Å²) in [6, 6.07) is 11.1. The number of hydrogen-bond donors (Lipinski definition) is 1. The average Bonchev–Trinajstić information content (AvgIpc) is 2.45. The van der Waals surface area contributed by atoms with Gasteiger partial charge in [-0.1, -0.05) is 31.2 Å². The molecule has 2 aromatic carbocycles. The molecule has 0 amide bonds. The molecule has 2 nitrogen and oxygen atoms in total. The first-order valence-corrected chi connectivity index (χ1v) is 6.56. The first-order chi connectivity index (χ1) is 9.70. The van der Waals surface area contributed by atoms with Gasteiger partial charge in [0.1, 0.15) is 12.4 Å². The molecule has 0 bridgehead atoms. The van der Waals surface area contributed by atoms with Crippen molar-refractivity contribution in [3.63, 3.8) is 0 Å². The Morgan fingerprint density at radius 3 is 2.55 bits per heavy atom. The van der Waals surface area contributed by atoms with Crippen molar-refractivity contribution in [2.75, 3.05) is 6.54 Å². The number of benzene rings is 2. The Balaban J connectivity index is 2.01. The molecule has 0 aliphatic heterocycles. The van der Waals surface area contributed by atoms with Crippen LogP contribution in [0.25, 0.3) is 0 Å². The molecule has 2 aromatic rings. The lowest BCUT2D eigenvalue weighted by Gasteiger charge is -2.09. The van der Waals surface area contributed by atoms with E-state index in [9.17, 15) is 8.78 Å². The van der Waals surface area contributed by atoms with E-state index in [-0.39, 0.29) is 18.2 Å². The van der Waals surface area contributed by atoms with Crippen LogP contribution >= 0.6 is 0 Å². The van der Waals surface area contributed by atoms with Gasteiger partial charge >= 0.3 is 0 Å². The molecule has 0 spiro atoms. The van der Waals surface area contributed by atoms with Gasteiger partial charge in [0.25, 0.3) is 0 Å². The lowest BCUT2D eigenvalue weighted by atomic mass is 10.2. The monoisotopic (exact) mass is 277 g/mol. The van der Waals surface area contributed by atoms with Crippen molar-refractivity contribution in [2.24, 2.45) is 0 Å². The van der Waals surface area contributed by atoms with Crippen molar-refractivity contribution in [3.8, 4) is 5.75 Å². The molecule has 0 unspecified atom stereocenters. The molecule has 4 heteroatoms. The van der Waals surface area contributed by atoms with Crippen LogP contribution in [-0.4, -0.2) is 6.54 Å². The molecule has 106 valence electrons. The normalized spacial score (nSPS) is 10.6. The van der Waals surface area contributed by atoms with E-state index in [1.807, 2.05) is 6.92 Å². The molecule has 0 fully saturated rings. The Labute approximate surface area is 117 Å². The highest BCUT2D eigenvalue weighted by Crippen LogP contribution is 2.20. The SMILES string of the molecule is CCNCc1ccc(OCc2ccccc2F)c(F)c1. The Morgan fingerprint density at radius 1 is 1.05 bits per heavy atom. The molecule has 0 saturated carbocycles. The van der Waals surface area contributed by atoms with Crippen molar-refractivity contribution < 1.29 is 13.5 Å². The van der Waals surface area contributed by atoms with Crippen LogP contribution in [-0.2, 0) is 13.2 Å². The molecule has 0 radical (unpaired) electrons. The predicted octanol–water partition coefficient (Wildman–Crippen LogP) is 3.65. The number of rotatable bonds is 6. The molecule has 0 atom stereocenters. The predicted molar refractivity (Wildman–Crippen MR) is 74.5 cm³/mol. The number of halogens is 2. The van der Waals surface area contributed by atoms with Crippen molar-refractivity contribution in [2.45, 2.75) is 20.1 Å². The van der Waals surface area contributed by atoms with E-state index in [2.05, 4.69) is 5.32 Å². The Morgan fingerprint density at radius 2 is 1.85 bits per heavy atom. The van der Waals surface area contributed by atoms with E-state index in [1.165, 1.54) is 12.1 Å². The molecule has 0 aliphatic rings. The van der Waals surface area contributed by atoms with Crippen LogP contribution in [0.2, 0.25) is 0 Å². The van der Waals surface area contributed by atoms with Gasteiger partial charge in [0.15, 0.2) is 11.6 Å². The number of ether oxygens (including phenoxy) is 1. The van der Waals surface area contributed by atoms with Crippen molar-refractivity contribution >= 4 is 0 Å². The second kappa shape index (κ2) is 7.01. The quantitative estimate of drug-likeness (QED) is 0.870. The van der Waals surface area contributed by atoms with Crippen LogP contribution in [0.5, 0.6) is 5.75 Å². The fourth-order valence-corrected chi connectivity index (χ4v) is 1.81. The van der Waals surface area contributed by atoms with Gasteiger partial charge in [-0.15, -0.1) is 0 Å². The standard InChI is InChI=1S/C16H17F2NO/c1-2-19-10-12-7-8-16(15(18)9-12)20-11-13-5-3-4-6-14(13)17/h3-9,19H,2,10-11H2,1H3. The highest BCUT2D eigenvalue weighted by molar-refractivity contribution is 5.30. The van der Waals surface area contributed by atoms with Gasteiger partial charge in [-0.25, -0.2) is 8.78 Å². The topological polar surface area (TPSA) is 21.3 Å². The van der Waals surface area contributed by atoms with E-state index in [4.69, 9.17) is 4.74 Å². The van der Waals surface area contributed by atoms with E-state index in [1.54, 1.807) is 30.3 Å². The maximum absolute atomic E-state index is 13.8. The first-order valence-electron chi connectivity index (χ1n) is 6.56. The fraction of sp³-hybridized carbons (Fsp3) is 0.250. The molecule has 0 heterocycles. The lowest BCUT2D eigenvalue weighted by molar-refractivity contribution is 0.284. The zero-order valence-corrected chi connectivity index (χ0v) is 11.3. The summed E-state index contributed by atoms with van der Waals surface area (Å²) < 4.78 is 32.6. The highest BCUT2D eigenvalue weighted by Gasteiger charge is 2.07. The Kier molecular flexibility index (Phi) is 5.07. The largest absolute Gasteiger partial charge is 0.486 e. The third-order valence-corrected chi connectivity index (χ3v) is 2.92. The van der Waals surface area contributed by atoms with E-state index in [0.717, 1.165) is 12.1 Å². The van der Waals surface area contributed by atoms with E-state index in [0.29, 0.717) is 12.1 Å². The number of hydrogen-bond acceptors (Lipinski definition) is 2. The van der Waals surface area contributed by atoms with Gasteiger partial charge in [-0.2, -0.15) is 0 Å². The summed E-state index contributed by atoms with van der Waals surface area (Å²) in [5.74, 6) is -0.651. The van der Waals surface area contributed by atoms with E-state index < -0.39 is 5.82 Å². The summed E-state index contributed by atoms with van der Waals surface area (Å²) in [4.78, 5) is 0. The van der Waals surface area contributed by atoms with Crippen LogP contribution < -0.4 is 10.1 Å². The van der Waals surface area contributed by atoms with Crippen LogP contribution in [0.15, 0.2) is 42.5 Å². The fourth-order valence-electron chi connectivity index (χ4n) is 1.81. The van der Waals surface area contributed by atoms with Crippen molar-refractivity contribution in [1.82, 2.24) is 5.32 Å². The number of nitrogens with one attached hydrogen (secondary N) is 1. The van der Waals surface area contributed by atoms with Crippen LogP contribution in [0.3, 0.4) is 0 Å². The average molecular weight is 277 g/mol. The minimum absolute atomic E-state index is 0.0101. The van der Waals surface area contributed by atoms with Crippen LogP contribution in [0.1, 0.15) is 18.1 Å². The summed E-state index contributed by atoms with van der Waals surface area (Å²) in [5.41, 5.74) is 1.26. The highest BCUT2D eigenvalue weighted by atomic mass is 19.1. The molecule has 0 saturated heterocycles. The summed E-state index contributed by atoms with van der Waals surface area (Å²) in [5, 5.41) is 3.12. The molecular formula is C16H17F2NO. The third kappa shape index (κ3) is 3.78. The zero-order chi connectivity index (χ0) is 14.4. The summed E-state index contributed by atoms with van der Waals surface area (Å²) in [6.45, 7) is 3.44. The zero-order valence-electron chi connectivity index (χ0n) is 11.3. The minimum Gasteiger partial charge on any atom is -0.486 e. The van der Waals surface area contributed by atoms with Gasteiger partial charge in [-0.3, -0.25) is 0 Å². The van der Waals surface area contributed by atoms with E-state index >= 15 is 0 Å². The lowest BCUT2D eigenvalue weighted by Crippen LogP contribution is -2.11. The Hall–Kier alpha value is -1.94. The molecule has 2 rings (SSSR count). The maximum atomic E-state index is 13.8. The van der Waals surface area contributed by atoms with Crippen LogP contribution in [0.4, 0.5) is 8.78 Å². The second-order valence-corrected chi connectivity index (χ2v) is 4.43. The summed E-state index contributed by atoms with van der Waals surface area (Å²) in [7, 11) is 0.